The highest BCUT2D eigenvalue weighted by Crippen LogP contribution is 2.32. The van der Waals surface area contributed by atoms with Crippen molar-refractivity contribution in [3.63, 3.8) is 0 Å². The predicted molar refractivity (Wildman–Crippen MR) is 141 cm³/mol. The van der Waals surface area contributed by atoms with E-state index in [-0.39, 0.29) is 6.61 Å². The Morgan fingerprint density at radius 3 is 2.54 bits per heavy atom. The number of aliphatic hydroxyl groups excluding tert-OH is 1. The number of allylic oxidation sites excluding steroid dienone is 1. The van der Waals surface area contributed by atoms with Crippen LogP contribution in [-0.2, 0) is 0 Å². The Morgan fingerprint density at radius 2 is 1.89 bits per heavy atom. The average molecular weight is 502 g/mol. The van der Waals surface area contributed by atoms with E-state index in [0.717, 1.165) is 54.8 Å². The first kappa shape index (κ1) is 25.8. The van der Waals surface area contributed by atoms with E-state index in [1.807, 2.05) is 32.2 Å². The van der Waals surface area contributed by atoms with Crippen LogP contribution in [0.25, 0.3) is 4.91 Å². The molecule has 0 aromatic carbocycles. The zero-order valence-electron chi connectivity index (χ0n) is 20.6. The number of anilines is 3. The number of pyridine rings is 1. The highest BCUT2D eigenvalue weighted by Gasteiger charge is 2.19. The van der Waals surface area contributed by atoms with E-state index < -0.39 is 5.82 Å². The second-order valence-corrected chi connectivity index (χ2v) is 10.3. The van der Waals surface area contributed by atoms with Crippen LogP contribution in [0.2, 0.25) is 0 Å². The summed E-state index contributed by atoms with van der Waals surface area (Å²) in [6, 6.07) is 4.48. The standard InChI is InChI=1S/C25H36FN7OS/c1-18(2)24(35-17-29-19-5-3-4-6-19)23-21(26)16-28-25(31-23)30-22-8-7-20(15-27-22)33-11-9-32(10-12-33)13-14-34/h7-8,15-16,19,29,34H,3-6,9-14,17H2,1-2H3,(H,27,28,30,31). The molecule has 0 atom stereocenters. The van der Waals surface area contributed by atoms with Gasteiger partial charge in [0, 0.05) is 49.5 Å². The van der Waals surface area contributed by atoms with Crippen LogP contribution in [-0.4, -0.2) is 76.2 Å². The van der Waals surface area contributed by atoms with Gasteiger partial charge in [-0.15, -0.1) is 11.8 Å². The van der Waals surface area contributed by atoms with Gasteiger partial charge in [0.15, 0.2) is 5.82 Å². The van der Waals surface area contributed by atoms with Gasteiger partial charge in [0.1, 0.15) is 11.5 Å². The molecule has 1 aliphatic carbocycles. The molecular formula is C25H36FN7OS. The van der Waals surface area contributed by atoms with Crippen molar-refractivity contribution in [3.05, 3.63) is 41.6 Å². The van der Waals surface area contributed by atoms with Gasteiger partial charge in [-0.2, -0.15) is 0 Å². The summed E-state index contributed by atoms with van der Waals surface area (Å²) >= 11 is 1.59. The molecule has 10 heteroatoms. The summed E-state index contributed by atoms with van der Waals surface area (Å²) in [5.74, 6) is 1.24. The third kappa shape index (κ3) is 7.13. The van der Waals surface area contributed by atoms with E-state index in [1.54, 1.807) is 11.8 Å². The molecule has 2 aromatic rings. The second-order valence-electron chi connectivity index (χ2n) is 9.27. The summed E-state index contributed by atoms with van der Waals surface area (Å²) in [6.07, 6.45) is 8.05. The minimum absolute atomic E-state index is 0.195. The fourth-order valence-corrected chi connectivity index (χ4v) is 5.56. The fraction of sp³-hybridized carbons (Fsp3) is 0.560. The molecular weight excluding hydrogens is 465 g/mol. The van der Waals surface area contributed by atoms with E-state index >= 15 is 0 Å². The molecule has 8 nitrogen and oxygen atoms in total. The van der Waals surface area contributed by atoms with E-state index in [2.05, 4.69) is 35.4 Å². The predicted octanol–water partition coefficient (Wildman–Crippen LogP) is 3.84. The Balaban J connectivity index is 1.38. The summed E-state index contributed by atoms with van der Waals surface area (Å²) in [7, 11) is 0. The number of nitrogens with one attached hydrogen (secondary N) is 2. The van der Waals surface area contributed by atoms with E-state index in [9.17, 15) is 4.39 Å². The first-order valence-electron chi connectivity index (χ1n) is 12.4. The number of rotatable bonds is 10. The van der Waals surface area contributed by atoms with Crippen LogP contribution in [0.3, 0.4) is 0 Å². The maximum atomic E-state index is 14.7. The molecule has 3 heterocycles. The highest BCUT2D eigenvalue weighted by molar-refractivity contribution is 8.08. The number of thioether (sulfide) groups is 1. The molecule has 0 bridgehead atoms. The van der Waals surface area contributed by atoms with Crippen LogP contribution in [0, 0.1) is 5.82 Å². The topological polar surface area (TPSA) is 89.4 Å². The lowest BCUT2D eigenvalue weighted by Crippen LogP contribution is -2.47. The molecule has 3 N–H and O–H groups in total. The summed E-state index contributed by atoms with van der Waals surface area (Å²) in [5.41, 5.74) is 2.39. The van der Waals surface area contributed by atoms with E-state index in [1.165, 1.54) is 31.9 Å². The average Bonchev–Trinajstić information content (AvgIpc) is 3.38. The number of nitrogens with zero attached hydrogens (tertiary/aromatic N) is 5. The third-order valence-corrected chi connectivity index (χ3v) is 7.70. The van der Waals surface area contributed by atoms with Gasteiger partial charge in [-0.1, -0.05) is 18.4 Å². The number of β-amino-alcohol motifs (C(OH)–C–C–N with tert-alkyl or cyclic N) is 1. The van der Waals surface area contributed by atoms with Crippen LogP contribution >= 0.6 is 11.8 Å². The van der Waals surface area contributed by atoms with Crippen LogP contribution in [0.4, 0.5) is 21.8 Å². The SMILES string of the molecule is CC(C)=C(SCNC1CCCC1)c1nc(Nc2ccc(N3CCN(CCO)CC3)cn2)ncc1F. The number of piperazine rings is 1. The quantitative estimate of drug-likeness (QED) is 0.420. The van der Waals surface area contributed by atoms with Gasteiger partial charge in [-0.25, -0.2) is 19.3 Å². The van der Waals surface area contributed by atoms with Gasteiger partial charge in [-0.3, -0.25) is 4.90 Å². The molecule has 35 heavy (non-hydrogen) atoms. The molecule has 2 aliphatic rings. The van der Waals surface area contributed by atoms with Gasteiger partial charge in [-0.05, 0) is 38.8 Å². The van der Waals surface area contributed by atoms with Gasteiger partial charge < -0.3 is 20.6 Å². The van der Waals surface area contributed by atoms with Gasteiger partial charge in [0.2, 0.25) is 5.95 Å². The number of aromatic nitrogens is 3. The molecule has 4 rings (SSSR count). The number of halogens is 1. The zero-order valence-corrected chi connectivity index (χ0v) is 21.5. The first-order valence-corrected chi connectivity index (χ1v) is 13.4. The number of aliphatic hydroxyl groups is 1. The normalized spacial score (nSPS) is 17.1. The molecule has 0 radical (unpaired) electrons. The smallest absolute Gasteiger partial charge is 0.229 e. The van der Waals surface area contributed by atoms with Crippen molar-refractivity contribution in [1.29, 1.82) is 0 Å². The maximum absolute atomic E-state index is 14.7. The number of hydrogen-bond acceptors (Lipinski definition) is 9. The van der Waals surface area contributed by atoms with Gasteiger partial charge >= 0.3 is 0 Å². The summed E-state index contributed by atoms with van der Waals surface area (Å²) in [4.78, 5) is 18.5. The fourth-order valence-electron chi connectivity index (χ4n) is 4.53. The largest absolute Gasteiger partial charge is 0.395 e. The number of hydrogen-bond donors (Lipinski definition) is 3. The lowest BCUT2D eigenvalue weighted by molar-refractivity contribution is 0.189. The Morgan fingerprint density at radius 1 is 1.11 bits per heavy atom. The Kier molecular flexibility index (Phi) is 9.31. The first-order chi connectivity index (χ1) is 17.0. The van der Waals surface area contributed by atoms with Crippen LogP contribution in [0.5, 0.6) is 0 Å². The molecule has 1 aliphatic heterocycles. The van der Waals surface area contributed by atoms with Crippen molar-refractivity contribution >= 4 is 34.1 Å². The molecule has 2 aromatic heterocycles. The lowest BCUT2D eigenvalue weighted by atomic mass is 10.2. The van der Waals surface area contributed by atoms with Crippen molar-refractivity contribution < 1.29 is 9.50 Å². The molecule has 2 fully saturated rings. The molecule has 1 saturated carbocycles. The minimum atomic E-state index is -0.427. The monoisotopic (exact) mass is 501 g/mol. The second kappa shape index (κ2) is 12.6. The molecule has 190 valence electrons. The highest BCUT2D eigenvalue weighted by atomic mass is 32.2. The molecule has 0 amide bonds. The van der Waals surface area contributed by atoms with E-state index in [4.69, 9.17) is 5.11 Å². The van der Waals surface area contributed by atoms with Crippen molar-refractivity contribution in [3.8, 4) is 0 Å². The summed E-state index contributed by atoms with van der Waals surface area (Å²) < 4.78 is 14.7. The Hall–Kier alpha value is -2.27. The Bertz CT molecular complexity index is 986. The van der Waals surface area contributed by atoms with Crippen LogP contribution in [0.1, 0.15) is 45.2 Å². The lowest BCUT2D eigenvalue weighted by Gasteiger charge is -2.35. The van der Waals surface area contributed by atoms with Crippen LogP contribution in [0.15, 0.2) is 30.1 Å². The van der Waals surface area contributed by atoms with Crippen molar-refractivity contribution in [2.45, 2.75) is 45.6 Å². The van der Waals surface area contributed by atoms with E-state index in [0.29, 0.717) is 23.5 Å². The van der Waals surface area contributed by atoms with Crippen LogP contribution < -0.4 is 15.5 Å². The van der Waals surface area contributed by atoms with Gasteiger partial charge in [0.05, 0.1) is 24.7 Å². The molecule has 1 saturated heterocycles. The molecule has 0 spiro atoms. The van der Waals surface area contributed by atoms with Gasteiger partial charge in [0.25, 0.3) is 0 Å². The Labute approximate surface area is 211 Å². The van der Waals surface area contributed by atoms with Crippen molar-refractivity contribution in [2.75, 3.05) is 55.4 Å². The minimum Gasteiger partial charge on any atom is -0.395 e. The third-order valence-electron chi connectivity index (χ3n) is 6.50. The van der Waals surface area contributed by atoms with Crippen molar-refractivity contribution in [1.82, 2.24) is 25.2 Å². The maximum Gasteiger partial charge on any atom is 0.229 e. The summed E-state index contributed by atoms with van der Waals surface area (Å²) in [5, 5.41) is 15.8. The van der Waals surface area contributed by atoms with Crippen molar-refractivity contribution in [2.24, 2.45) is 0 Å². The summed E-state index contributed by atoms with van der Waals surface area (Å²) in [6.45, 7) is 8.53. The molecule has 0 unspecified atom stereocenters. The zero-order chi connectivity index (χ0) is 24.6.